The molecule has 1 aliphatic carbocycles. The lowest BCUT2D eigenvalue weighted by atomic mass is 9.55. The monoisotopic (exact) mass is 289 g/mol. The van der Waals surface area contributed by atoms with Gasteiger partial charge in [0.05, 0.1) is 5.41 Å². The Morgan fingerprint density at radius 3 is 2.29 bits per heavy atom. The van der Waals surface area contributed by atoms with Gasteiger partial charge in [-0.1, -0.05) is 63.4 Å². The van der Waals surface area contributed by atoms with Gasteiger partial charge < -0.3 is 10.8 Å². The Morgan fingerprint density at radius 2 is 1.81 bits per heavy atom. The fourth-order valence-corrected chi connectivity index (χ4v) is 4.11. The summed E-state index contributed by atoms with van der Waals surface area (Å²) in [5.74, 6) is -0.258. The zero-order valence-corrected chi connectivity index (χ0v) is 13.1. The average Bonchev–Trinajstić information content (AvgIpc) is 2.49. The maximum atomic E-state index is 12.4. The fourth-order valence-electron chi connectivity index (χ4n) is 4.11. The fraction of sp³-hybridized carbons (Fsp3) is 0.611. The molecule has 1 amide bonds. The van der Waals surface area contributed by atoms with E-state index in [0.717, 1.165) is 37.7 Å². The van der Waals surface area contributed by atoms with Crippen LogP contribution in [0, 0.1) is 10.8 Å². The van der Waals surface area contributed by atoms with Crippen molar-refractivity contribution in [3.05, 3.63) is 35.9 Å². The quantitative estimate of drug-likeness (QED) is 0.874. The van der Waals surface area contributed by atoms with Crippen molar-refractivity contribution in [2.45, 2.75) is 51.9 Å². The maximum absolute atomic E-state index is 12.4. The standard InChI is InChI=1S/C18H27NO2/c1-17(2,13-20)15(14-9-5-3-6-10-14)18(16(19)21)11-7-4-8-12-18/h3,5-6,9-10,15,20H,4,7-8,11-13H2,1-2H3,(H2,19,21)/t15-/m0/s1. The molecule has 1 fully saturated rings. The highest BCUT2D eigenvalue weighted by Gasteiger charge is 2.51. The van der Waals surface area contributed by atoms with Crippen molar-refractivity contribution in [1.29, 1.82) is 0 Å². The summed E-state index contributed by atoms with van der Waals surface area (Å²) < 4.78 is 0. The zero-order chi connectivity index (χ0) is 15.5. The first-order valence-electron chi connectivity index (χ1n) is 7.90. The van der Waals surface area contributed by atoms with E-state index in [1.165, 1.54) is 0 Å². The number of rotatable bonds is 5. The van der Waals surface area contributed by atoms with Crippen LogP contribution in [0.2, 0.25) is 0 Å². The van der Waals surface area contributed by atoms with E-state index in [4.69, 9.17) is 5.73 Å². The van der Waals surface area contributed by atoms with Crippen molar-refractivity contribution >= 4 is 5.91 Å². The molecule has 116 valence electrons. The molecule has 3 nitrogen and oxygen atoms in total. The van der Waals surface area contributed by atoms with E-state index in [1.807, 2.05) is 32.0 Å². The first kappa shape index (κ1) is 16.0. The Balaban J connectivity index is 2.54. The molecule has 0 spiro atoms. The van der Waals surface area contributed by atoms with E-state index < -0.39 is 5.41 Å². The summed E-state index contributed by atoms with van der Waals surface area (Å²) in [5, 5.41) is 9.90. The van der Waals surface area contributed by atoms with Crippen LogP contribution in [0.4, 0.5) is 0 Å². The summed E-state index contributed by atoms with van der Waals surface area (Å²) in [6, 6.07) is 10.1. The van der Waals surface area contributed by atoms with Crippen LogP contribution in [0.25, 0.3) is 0 Å². The van der Waals surface area contributed by atoms with Crippen LogP contribution >= 0.6 is 0 Å². The van der Waals surface area contributed by atoms with Gasteiger partial charge in [0.25, 0.3) is 0 Å². The van der Waals surface area contributed by atoms with Crippen LogP contribution < -0.4 is 5.73 Å². The van der Waals surface area contributed by atoms with Crippen molar-refractivity contribution in [3.8, 4) is 0 Å². The third-order valence-electron chi connectivity index (χ3n) is 5.11. The molecule has 1 aliphatic rings. The molecule has 0 bridgehead atoms. The number of hydrogen-bond donors (Lipinski definition) is 2. The van der Waals surface area contributed by atoms with Crippen LogP contribution in [0.1, 0.15) is 57.4 Å². The Morgan fingerprint density at radius 1 is 1.24 bits per heavy atom. The molecule has 1 saturated carbocycles. The van der Waals surface area contributed by atoms with Crippen molar-refractivity contribution in [2.24, 2.45) is 16.6 Å². The zero-order valence-electron chi connectivity index (χ0n) is 13.1. The molecule has 0 heterocycles. The predicted molar refractivity (Wildman–Crippen MR) is 84.8 cm³/mol. The second kappa shape index (κ2) is 6.18. The minimum atomic E-state index is -0.536. The normalized spacial score (nSPS) is 20.0. The van der Waals surface area contributed by atoms with E-state index in [1.54, 1.807) is 0 Å². The minimum Gasteiger partial charge on any atom is -0.396 e. The van der Waals surface area contributed by atoms with Gasteiger partial charge in [0, 0.05) is 12.5 Å². The molecule has 21 heavy (non-hydrogen) atoms. The average molecular weight is 289 g/mol. The number of amides is 1. The van der Waals surface area contributed by atoms with Gasteiger partial charge >= 0.3 is 0 Å². The van der Waals surface area contributed by atoms with Gasteiger partial charge in [0.1, 0.15) is 0 Å². The van der Waals surface area contributed by atoms with Crippen molar-refractivity contribution < 1.29 is 9.90 Å². The Hall–Kier alpha value is -1.35. The van der Waals surface area contributed by atoms with Crippen LogP contribution in [0.15, 0.2) is 30.3 Å². The lowest BCUT2D eigenvalue weighted by Crippen LogP contribution is -2.49. The predicted octanol–water partition coefficient (Wildman–Crippen LogP) is 3.22. The Kier molecular flexibility index (Phi) is 4.72. The van der Waals surface area contributed by atoms with Crippen LogP contribution in [-0.4, -0.2) is 17.6 Å². The van der Waals surface area contributed by atoms with E-state index in [0.29, 0.717) is 0 Å². The van der Waals surface area contributed by atoms with Crippen molar-refractivity contribution in [1.82, 2.24) is 0 Å². The van der Waals surface area contributed by atoms with Crippen molar-refractivity contribution in [2.75, 3.05) is 6.61 Å². The van der Waals surface area contributed by atoms with Crippen LogP contribution in [-0.2, 0) is 4.79 Å². The number of aliphatic hydroxyl groups is 1. The molecule has 3 N–H and O–H groups in total. The second-order valence-corrected chi connectivity index (χ2v) is 7.07. The van der Waals surface area contributed by atoms with Gasteiger partial charge in [-0.05, 0) is 23.8 Å². The molecular formula is C18H27NO2. The second-order valence-electron chi connectivity index (χ2n) is 7.07. The van der Waals surface area contributed by atoms with Gasteiger partial charge in [-0.25, -0.2) is 0 Å². The first-order valence-corrected chi connectivity index (χ1v) is 7.90. The molecule has 1 aromatic carbocycles. The minimum absolute atomic E-state index is 0.0432. The number of benzene rings is 1. The SMILES string of the molecule is CC(C)(CO)[C@H](c1ccccc1)C1(C(N)=O)CCCCC1. The molecule has 0 aromatic heterocycles. The maximum Gasteiger partial charge on any atom is 0.224 e. The van der Waals surface area contributed by atoms with Crippen LogP contribution in [0.3, 0.4) is 0 Å². The number of carbonyl (C=O) groups is 1. The molecule has 2 rings (SSSR count). The molecule has 0 unspecified atom stereocenters. The third kappa shape index (κ3) is 2.98. The summed E-state index contributed by atoms with van der Waals surface area (Å²) in [7, 11) is 0. The van der Waals surface area contributed by atoms with Gasteiger partial charge in [0.2, 0.25) is 5.91 Å². The summed E-state index contributed by atoms with van der Waals surface area (Å²) in [4.78, 5) is 12.4. The van der Waals surface area contributed by atoms with Gasteiger partial charge in [-0.2, -0.15) is 0 Å². The number of carbonyl (C=O) groups excluding carboxylic acids is 1. The highest BCUT2D eigenvalue weighted by Crippen LogP contribution is 2.54. The smallest absolute Gasteiger partial charge is 0.224 e. The lowest BCUT2D eigenvalue weighted by molar-refractivity contribution is -0.134. The first-order chi connectivity index (χ1) is 9.94. The largest absolute Gasteiger partial charge is 0.396 e. The number of hydrogen-bond acceptors (Lipinski definition) is 2. The lowest BCUT2D eigenvalue weighted by Gasteiger charge is -2.48. The van der Waals surface area contributed by atoms with Gasteiger partial charge in [0.15, 0.2) is 0 Å². The van der Waals surface area contributed by atoms with Crippen molar-refractivity contribution in [3.63, 3.8) is 0 Å². The summed E-state index contributed by atoms with van der Waals surface area (Å²) in [6.07, 6.45) is 4.88. The van der Waals surface area contributed by atoms with Gasteiger partial charge in [-0.15, -0.1) is 0 Å². The third-order valence-corrected chi connectivity index (χ3v) is 5.11. The Labute approximate surface area is 127 Å². The summed E-state index contributed by atoms with van der Waals surface area (Å²) in [5.41, 5.74) is 6.06. The number of primary amides is 1. The van der Waals surface area contributed by atoms with E-state index in [2.05, 4.69) is 12.1 Å². The summed E-state index contributed by atoms with van der Waals surface area (Å²) in [6.45, 7) is 4.11. The van der Waals surface area contributed by atoms with E-state index >= 15 is 0 Å². The molecule has 1 atom stereocenters. The topological polar surface area (TPSA) is 63.3 Å². The molecule has 1 aromatic rings. The Bertz CT molecular complexity index is 475. The molecule has 3 heteroatoms. The number of nitrogens with two attached hydrogens (primary N) is 1. The molecule has 0 radical (unpaired) electrons. The molecular weight excluding hydrogens is 262 g/mol. The summed E-state index contributed by atoms with van der Waals surface area (Å²) >= 11 is 0. The van der Waals surface area contributed by atoms with Crippen LogP contribution in [0.5, 0.6) is 0 Å². The highest BCUT2D eigenvalue weighted by molar-refractivity contribution is 5.82. The highest BCUT2D eigenvalue weighted by atomic mass is 16.3. The molecule has 0 aliphatic heterocycles. The van der Waals surface area contributed by atoms with Gasteiger partial charge in [-0.3, -0.25) is 4.79 Å². The molecule has 0 saturated heterocycles. The van der Waals surface area contributed by atoms with E-state index in [9.17, 15) is 9.90 Å². The number of aliphatic hydroxyl groups excluding tert-OH is 1. The van der Waals surface area contributed by atoms with E-state index in [-0.39, 0.29) is 23.8 Å².